The normalized spacial score (nSPS) is 21.8. The van der Waals surface area contributed by atoms with Gasteiger partial charge in [0.1, 0.15) is 5.60 Å². The molecule has 0 radical (unpaired) electrons. The van der Waals surface area contributed by atoms with Crippen molar-refractivity contribution < 1.29 is 24.4 Å². The number of amides is 2. The van der Waals surface area contributed by atoms with Crippen LogP contribution >= 0.6 is 0 Å². The van der Waals surface area contributed by atoms with E-state index in [0.717, 1.165) is 11.1 Å². The summed E-state index contributed by atoms with van der Waals surface area (Å²) in [4.78, 5) is 29.9. The molecule has 0 bridgehead atoms. The summed E-state index contributed by atoms with van der Waals surface area (Å²) in [5.74, 6) is -0.463. The molecule has 0 saturated carbocycles. The Morgan fingerprint density at radius 2 is 1.91 bits per heavy atom. The van der Waals surface area contributed by atoms with Crippen molar-refractivity contribution >= 4 is 23.4 Å². The molecule has 1 unspecified atom stereocenters. The van der Waals surface area contributed by atoms with Crippen LogP contribution in [0.4, 0.5) is 10.5 Å². The summed E-state index contributed by atoms with van der Waals surface area (Å²) in [6, 6.07) is 15.0. The van der Waals surface area contributed by atoms with Crippen LogP contribution in [0.1, 0.15) is 43.9 Å². The van der Waals surface area contributed by atoms with Crippen LogP contribution in [0, 0.1) is 12.1 Å². The Kier molecular flexibility index (Phi) is 5.11. The van der Waals surface area contributed by atoms with Gasteiger partial charge < -0.3 is 14.8 Å². The second-order valence-electron chi connectivity index (χ2n) is 9.21. The number of nitrogens with zero attached hydrogens (tertiary/aromatic N) is 3. The standard InChI is InChI=1S/C24H27N3O5/c1-16-10-11-19-18(14-16)24(21(28)25(19)15-17-8-6-5-7-9-17)20(27(30)31)12-13-26(24)22(29)32-23(2,3)4/h5-11,14H,12-13,15H2,1-4H3,(H,30,31). The lowest BCUT2D eigenvalue weighted by molar-refractivity contribution is -0.728. The first kappa shape index (κ1) is 21.7. The van der Waals surface area contributed by atoms with Crippen molar-refractivity contribution in [1.82, 2.24) is 4.90 Å². The lowest BCUT2D eigenvalue weighted by Crippen LogP contribution is -2.57. The Morgan fingerprint density at radius 3 is 2.53 bits per heavy atom. The van der Waals surface area contributed by atoms with Gasteiger partial charge in [0.15, 0.2) is 0 Å². The molecule has 0 aromatic heterocycles. The van der Waals surface area contributed by atoms with Gasteiger partial charge in [-0.3, -0.25) is 14.9 Å². The highest BCUT2D eigenvalue weighted by Crippen LogP contribution is 2.49. The smallest absolute Gasteiger partial charge is 0.411 e. The van der Waals surface area contributed by atoms with Crippen LogP contribution in [0.5, 0.6) is 0 Å². The monoisotopic (exact) mass is 437 g/mol. The minimum Gasteiger partial charge on any atom is -0.444 e. The van der Waals surface area contributed by atoms with E-state index in [2.05, 4.69) is 0 Å². The van der Waals surface area contributed by atoms with Crippen molar-refractivity contribution in [3.05, 3.63) is 70.4 Å². The zero-order valence-corrected chi connectivity index (χ0v) is 18.7. The summed E-state index contributed by atoms with van der Waals surface area (Å²) >= 11 is 0. The number of ether oxygens (including phenoxy) is 1. The maximum Gasteiger partial charge on any atom is 0.411 e. The van der Waals surface area contributed by atoms with Crippen LogP contribution in [0.25, 0.3) is 0 Å². The molecule has 2 aliphatic heterocycles. The molecule has 32 heavy (non-hydrogen) atoms. The van der Waals surface area contributed by atoms with Crippen LogP contribution in [0.3, 0.4) is 0 Å². The van der Waals surface area contributed by atoms with E-state index in [1.807, 2.05) is 49.4 Å². The molecule has 8 heteroatoms. The van der Waals surface area contributed by atoms with Crippen molar-refractivity contribution in [3.63, 3.8) is 0 Å². The Labute approximate surface area is 186 Å². The molecular formula is C24H27N3O5. The van der Waals surface area contributed by atoms with Gasteiger partial charge in [-0.25, -0.2) is 4.79 Å². The van der Waals surface area contributed by atoms with E-state index in [0.29, 0.717) is 11.3 Å². The van der Waals surface area contributed by atoms with Crippen molar-refractivity contribution in [2.75, 3.05) is 11.4 Å². The molecule has 1 atom stereocenters. The topological polar surface area (TPSA) is 96.1 Å². The average molecular weight is 437 g/mol. The van der Waals surface area contributed by atoms with Gasteiger partial charge in [-0.1, -0.05) is 48.0 Å². The SMILES string of the molecule is Cc1ccc2c(c1)C1(C(=O)N2Cc2ccccc2)/C(=[N+](/[O-])O)CCN1C(=O)OC(C)(C)C. The molecule has 1 saturated heterocycles. The van der Waals surface area contributed by atoms with Crippen molar-refractivity contribution in [2.24, 2.45) is 0 Å². The van der Waals surface area contributed by atoms with Crippen LogP contribution in [0.15, 0.2) is 48.5 Å². The van der Waals surface area contributed by atoms with Gasteiger partial charge in [-0.05, 0) is 39.3 Å². The van der Waals surface area contributed by atoms with E-state index < -0.39 is 23.1 Å². The summed E-state index contributed by atoms with van der Waals surface area (Å²) < 4.78 is 5.58. The van der Waals surface area contributed by atoms with Gasteiger partial charge in [0, 0.05) is 17.0 Å². The summed E-state index contributed by atoms with van der Waals surface area (Å²) in [5.41, 5.74) is 0.216. The van der Waals surface area contributed by atoms with Gasteiger partial charge in [0.25, 0.3) is 11.6 Å². The maximum atomic E-state index is 14.1. The predicted molar refractivity (Wildman–Crippen MR) is 118 cm³/mol. The quantitative estimate of drug-likeness (QED) is 0.439. The number of aryl methyl sites for hydroxylation is 1. The van der Waals surface area contributed by atoms with Crippen LogP contribution in [0.2, 0.25) is 0 Å². The Hall–Kier alpha value is -3.55. The lowest BCUT2D eigenvalue weighted by atomic mass is 9.86. The first-order valence-corrected chi connectivity index (χ1v) is 10.6. The molecule has 168 valence electrons. The van der Waals surface area contributed by atoms with E-state index >= 15 is 0 Å². The predicted octanol–water partition coefficient (Wildman–Crippen LogP) is 3.72. The Morgan fingerprint density at radius 1 is 1.22 bits per heavy atom. The largest absolute Gasteiger partial charge is 0.444 e. The summed E-state index contributed by atoms with van der Waals surface area (Å²) in [7, 11) is 0. The number of fused-ring (bicyclic) bond motifs is 2. The second kappa shape index (κ2) is 7.55. The van der Waals surface area contributed by atoms with Crippen LogP contribution < -0.4 is 4.90 Å². The lowest BCUT2D eigenvalue weighted by Gasteiger charge is -2.33. The minimum atomic E-state index is -1.75. The molecule has 2 aromatic carbocycles. The zero-order valence-electron chi connectivity index (χ0n) is 18.7. The third-order valence-electron chi connectivity index (χ3n) is 5.81. The van der Waals surface area contributed by atoms with E-state index in [-0.39, 0.29) is 30.1 Å². The highest BCUT2D eigenvalue weighted by molar-refractivity contribution is 6.24. The molecule has 4 rings (SSSR count). The van der Waals surface area contributed by atoms with E-state index in [1.54, 1.807) is 31.7 Å². The molecule has 8 nitrogen and oxygen atoms in total. The molecule has 1 N–H and O–H groups in total. The fourth-order valence-corrected chi connectivity index (χ4v) is 4.56. The highest BCUT2D eigenvalue weighted by Gasteiger charge is 2.67. The Balaban J connectivity index is 1.91. The van der Waals surface area contributed by atoms with E-state index in [9.17, 15) is 20.0 Å². The fourth-order valence-electron chi connectivity index (χ4n) is 4.56. The first-order valence-electron chi connectivity index (χ1n) is 10.6. The number of hydrogen-bond acceptors (Lipinski definition) is 5. The maximum absolute atomic E-state index is 14.1. The number of rotatable bonds is 2. The van der Waals surface area contributed by atoms with Gasteiger partial charge in [-0.2, -0.15) is 0 Å². The minimum absolute atomic E-state index is 0.0531. The molecule has 2 heterocycles. The number of carbonyl (C=O) groups is 2. The molecule has 2 aliphatic rings. The molecular weight excluding hydrogens is 410 g/mol. The van der Waals surface area contributed by atoms with E-state index in [1.165, 1.54) is 4.90 Å². The van der Waals surface area contributed by atoms with Gasteiger partial charge in [-0.15, -0.1) is 0 Å². The van der Waals surface area contributed by atoms with Gasteiger partial charge in [0.05, 0.1) is 18.7 Å². The van der Waals surface area contributed by atoms with Gasteiger partial charge >= 0.3 is 6.09 Å². The molecule has 0 aliphatic carbocycles. The highest BCUT2D eigenvalue weighted by atomic mass is 16.8. The fraction of sp³-hybridized carbons (Fsp3) is 0.375. The summed E-state index contributed by atoms with van der Waals surface area (Å²) in [6.07, 6.45) is -0.658. The van der Waals surface area contributed by atoms with Gasteiger partial charge in [0.2, 0.25) is 5.54 Å². The summed E-state index contributed by atoms with van der Waals surface area (Å²) in [5, 5.41) is 22.2. The average Bonchev–Trinajstić information content (AvgIpc) is 3.22. The van der Waals surface area contributed by atoms with Crippen molar-refractivity contribution in [3.8, 4) is 0 Å². The summed E-state index contributed by atoms with van der Waals surface area (Å²) in [6.45, 7) is 7.42. The molecule has 2 amide bonds. The number of carbonyl (C=O) groups excluding carboxylic acids is 2. The number of benzene rings is 2. The molecule has 1 fully saturated rings. The van der Waals surface area contributed by atoms with Crippen molar-refractivity contribution in [1.29, 1.82) is 0 Å². The third kappa shape index (κ3) is 3.36. The van der Waals surface area contributed by atoms with E-state index in [4.69, 9.17) is 4.74 Å². The zero-order chi connectivity index (χ0) is 23.3. The van der Waals surface area contributed by atoms with Crippen LogP contribution in [-0.4, -0.2) is 44.9 Å². The van der Waals surface area contributed by atoms with Crippen LogP contribution in [-0.2, 0) is 21.6 Å². The number of hydrogen-bond donors (Lipinski definition) is 1. The number of anilines is 1. The molecule has 2 aromatic rings. The number of likely N-dealkylation sites (tertiary alicyclic amines) is 1. The Bertz CT molecular complexity index is 1100. The molecule has 1 spiro atoms. The van der Waals surface area contributed by atoms with Crippen molar-refractivity contribution in [2.45, 2.75) is 51.8 Å². The third-order valence-corrected chi connectivity index (χ3v) is 5.81. The second-order valence-corrected chi connectivity index (χ2v) is 9.21. The first-order chi connectivity index (χ1) is 15.1.